The van der Waals surface area contributed by atoms with Crippen LogP contribution in [0, 0.1) is 22.5 Å². The predicted molar refractivity (Wildman–Crippen MR) is 285 cm³/mol. The molecule has 74 heavy (non-hydrogen) atoms. The minimum Gasteiger partial charge on any atom is -0.465 e. The lowest BCUT2D eigenvalue weighted by atomic mass is 9.86. The summed E-state index contributed by atoms with van der Waals surface area (Å²) in [4.78, 5) is 83.6. The van der Waals surface area contributed by atoms with Crippen molar-refractivity contribution >= 4 is 90.5 Å². The summed E-state index contributed by atoms with van der Waals surface area (Å²) in [6.07, 6.45) is 1.95. The van der Waals surface area contributed by atoms with Gasteiger partial charge in [0.25, 0.3) is 5.91 Å². The number of pyridine rings is 2. The molecule has 0 aliphatic heterocycles. The Kier molecular flexibility index (Phi) is 27.4. The second-order valence-electron chi connectivity index (χ2n) is 20.3. The Hall–Kier alpha value is -6.49. The molecule has 0 fully saturated rings. The average molecular weight is 1080 g/mol. The molecular weight excluding hydrogens is 1010 g/mol. The molecule has 0 radical (unpaired) electrons. The lowest BCUT2D eigenvalue weighted by Gasteiger charge is -2.35. The number of fused-ring (bicyclic) bond motifs is 2. The molecule has 4 amide bonds. The Labute approximate surface area is 444 Å². The first-order valence-corrected chi connectivity index (χ1v) is 22.7. The van der Waals surface area contributed by atoms with Gasteiger partial charge in [-0.2, -0.15) is 27.0 Å². The highest BCUT2D eigenvalue weighted by Crippen LogP contribution is 2.28. The number of halogens is 2. The van der Waals surface area contributed by atoms with E-state index in [2.05, 4.69) is 25.3 Å². The molecular formula is C50H72F2N8O12S2. The number of hydrogen-bond acceptors (Lipinski definition) is 14. The van der Waals surface area contributed by atoms with Gasteiger partial charge in [-0.3, -0.25) is 24.7 Å². The molecule has 2 heterocycles. The number of esters is 2. The summed E-state index contributed by atoms with van der Waals surface area (Å²) in [5.74, 6) is -2.14. The van der Waals surface area contributed by atoms with Crippen LogP contribution in [0.4, 0.5) is 29.0 Å². The van der Waals surface area contributed by atoms with E-state index in [-0.39, 0.29) is 76.3 Å². The number of anilines is 1. The van der Waals surface area contributed by atoms with Gasteiger partial charge in [-0.25, -0.2) is 28.1 Å². The van der Waals surface area contributed by atoms with Gasteiger partial charge in [0.2, 0.25) is 0 Å². The lowest BCUT2D eigenvalue weighted by Crippen LogP contribution is -2.46. The van der Waals surface area contributed by atoms with E-state index in [0.717, 1.165) is 5.39 Å². The van der Waals surface area contributed by atoms with Crippen molar-refractivity contribution < 1.29 is 66.3 Å². The highest BCUT2D eigenvalue weighted by Gasteiger charge is 2.33. The van der Waals surface area contributed by atoms with Crippen LogP contribution in [0.15, 0.2) is 66.0 Å². The molecule has 0 unspecified atom stereocenters. The fourth-order valence-corrected chi connectivity index (χ4v) is 6.40. The summed E-state index contributed by atoms with van der Waals surface area (Å²) in [5, 5.41) is 17.5. The van der Waals surface area contributed by atoms with E-state index in [4.69, 9.17) is 29.2 Å². The standard InChI is InChI=1S/C25H34FN3O6.C15H29NO5.C10H5FN4O.2H2S/c1-16(30)34-15-25(5,6)12-20(29(7)23(32)35-24(2,3)4)14-33-22(31)28-21-11-18-10-19(26)9-8-17(18)13-27-21;1-11(18)20-10-15(5,6)8-12(9-17)16(7)13(19)21-14(2,3)4;11-8-2-1-6-5-13-9(4-7(6)3-8)10(16)14-15-12;;/h8-11,13,20H,12,14-15H2,1-7H3,(H,27,28,31);12,17H,8-10H2,1-7H3;1-5H;2*1H2/t20-;12-;;;/m00.../s1. The maximum atomic E-state index is 13.5. The van der Waals surface area contributed by atoms with Crippen molar-refractivity contribution in [3.8, 4) is 0 Å². The molecule has 0 aliphatic carbocycles. The number of rotatable bonds is 15. The van der Waals surface area contributed by atoms with Crippen molar-refractivity contribution in [2.45, 2.75) is 119 Å². The molecule has 20 nitrogen and oxygen atoms in total. The molecule has 2 aromatic carbocycles. The van der Waals surface area contributed by atoms with Gasteiger partial charge in [0, 0.05) is 66.9 Å². The second kappa shape index (κ2) is 30.0. The zero-order chi connectivity index (χ0) is 54.8. The smallest absolute Gasteiger partial charge is 0.412 e. The van der Waals surface area contributed by atoms with Gasteiger partial charge in [0.1, 0.15) is 41.0 Å². The third kappa shape index (κ3) is 25.4. The Balaban J connectivity index is 0.00000116. The van der Waals surface area contributed by atoms with Crippen LogP contribution in [-0.4, -0.2) is 125 Å². The van der Waals surface area contributed by atoms with Gasteiger partial charge in [0.15, 0.2) is 0 Å². The van der Waals surface area contributed by atoms with E-state index < -0.39 is 70.5 Å². The third-order valence-electron chi connectivity index (χ3n) is 9.94. The maximum absolute atomic E-state index is 13.5. The van der Waals surface area contributed by atoms with Crippen LogP contribution in [0.2, 0.25) is 0 Å². The third-order valence-corrected chi connectivity index (χ3v) is 9.94. The van der Waals surface area contributed by atoms with Crippen LogP contribution in [0.25, 0.3) is 32.0 Å². The van der Waals surface area contributed by atoms with Crippen molar-refractivity contribution in [3.05, 3.63) is 88.7 Å². The van der Waals surface area contributed by atoms with Crippen molar-refractivity contribution in [2.75, 3.05) is 45.8 Å². The number of benzene rings is 2. The molecule has 0 saturated heterocycles. The SMILES string of the molecule is CC(=O)OCC(C)(C)C[C@@H](CO)N(C)C(=O)OC(C)(C)C.CC(=O)OCC(C)(C)C[C@@H](COC(=O)Nc1cc2cc(F)ccc2cn1)N(C)C(=O)OC(C)(C)C.S.S.[N-]=[N+]=NC(=O)c1cc2cc(F)ccc2cn1. The zero-order valence-corrected chi connectivity index (χ0v) is 46.5. The number of aromatic nitrogens is 2. The van der Waals surface area contributed by atoms with Crippen LogP contribution >= 0.6 is 27.0 Å². The van der Waals surface area contributed by atoms with Crippen LogP contribution in [0.5, 0.6) is 0 Å². The number of carbonyl (C=O) groups excluding carboxylic acids is 6. The number of amides is 4. The van der Waals surface area contributed by atoms with E-state index in [1.165, 1.54) is 72.4 Å². The highest BCUT2D eigenvalue weighted by molar-refractivity contribution is 7.59. The highest BCUT2D eigenvalue weighted by atomic mass is 32.1. The zero-order valence-electron chi connectivity index (χ0n) is 44.5. The predicted octanol–water partition coefficient (Wildman–Crippen LogP) is 10.4. The largest absolute Gasteiger partial charge is 0.465 e. The number of likely N-dealkylation sites (N-methyl/N-ethyl adjacent to an activating group) is 2. The molecule has 4 aromatic rings. The first-order valence-electron chi connectivity index (χ1n) is 22.7. The molecule has 2 atom stereocenters. The Morgan fingerprint density at radius 2 is 1.11 bits per heavy atom. The fourth-order valence-electron chi connectivity index (χ4n) is 6.40. The molecule has 2 aromatic heterocycles. The molecule has 0 spiro atoms. The topological polar surface area (TPSA) is 262 Å². The Morgan fingerprint density at radius 3 is 1.54 bits per heavy atom. The summed E-state index contributed by atoms with van der Waals surface area (Å²) < 4.78 is 52.7. The van der Waals surface area contributed by atoms with Crippen molar-refractivity contribution in [1.82, 2.24) is 19.8 Å². The number of nitrogens with one attached hydrogen (secondary N) is 1. The van der Waals surface area contributed by atoms with Gasteiger partial charge in [-0.15, -0.1) is 0 Å². The number of aliphatic hydroxyl groups is 1. The van der Waals surface area contributed by atoms with Crippen molar-refractivity contribution in [2.24, 2.45) is 15.9 Å². The minimum absolute atomic E-state index is 0. The van der Waals surface area contributed by atoms with Gasteiger partial charge in [-0.1, -0.05) is 27.7 Å². The number of azide groups is 1. The molecule has 2 N–H and O–H groups in total. The maximum Gasteiger partial charge on any atom is 0.412 e. The monoisotopic (exact) mass is 1080 g/mol. The number of aliphatic hydroxyl groups excluding tert-OH is 1. The van der Waals surface area contributed by atoms with E-state index in [1.807, 2.05) is 27.7 Å². The van der Waals surface area contributed by atoms with Crippen molar-refractivity contribution in [3.63, 3.8) is 0 Å². The van der Waals surface area contributed by atoms with Crippen LogP contribution in [-0.2, 0) is 33.3 Å². The summed E-state index contributed by atoms with van der Waals surface area (Å²) in [6, 6.07) is 10.4. The van der Waals surface area contributed by atoms with Crippen LogP contribution in [0.3, 0.4) is 0 Å². The number of hydrogen-bond donors (Lipinski definition) is 2. The van der Waals surface area contributed by atoms with E-state index in [0.29, 0.717) is 29.0 Å². The van der Waals surface area contributed by atoms with E-state index >= 15 is 0 Å². The van der Waals surface area contributed by atoms with Crippen LogP contribution in [0.1, 0.15) is 106 Å². The van der Waals surface area contributed by atoms with Gasteiger partial charge in [0.05, 0.1) is 31.9 Å². The minimum atomic E-state index is -0.784. The fraction of sp³-hybridized carbons (Fsp3) is 0.520. The summed E-state index contributed by atoms with van der Waals surface area (Å²) in [7, 11) is 3.15. The van der Waals surface area contributed by atoms with E-state index in [1.54, 1.807) is 67.8 Å². The Morgan fingerprint density at radius 1 is 0.676 bits per heavy atom. The molecule has 410 valence electrons. The molecule has 4 rings (SSSR count). The molecule has 24 heteroatoms. The van der Waals surface area contributed by atoms with Crippen molar-refractivity contribution in [1.29, 1.82) is 0 Å². The van der Waals surface area contributed by atoms with Gasteiger partial charge in [-0.05, 0) is 124 Å². The average Bonchev–Trinajstić information content (AvgIpc) is 3.26. The normalized spacial score (nSPS) is 11.9. The molecule has 0 bridgehead atoms. The molecule has 0 saturated carbocycles. The van der Waals surface area contributed by atoms with E-state index in [9.17, 15) is 42.7 Å². The van der Waals surface area contributed by atoms with Gasteiger partial charge >= 0.3 is 30.2 Å². The first-order chi connectivity index (χ1) is 33.2. The Bertz CT molecular complexity index is 2590. The van der Waals surface area contributed by atoms with Crippen LogP contribution < -0.4 is 5.32 Å². The molecule has 0 aliphatic rings. The second-order valence-corrected chi connectivity index (χ2v) is 20.3. The number of ether oxygens (including phenoxy) is 5. The first kappa shape index (κ1) is 67.5. The van der Waals surface area contributed by atoms with Gasteiger partial charge < -0.3 is 38.6 Å². The summed E-state index contributed by atoms with van der Waals surface area (Å²) in [6.45, 7) is 20.9. The summed E-state index contributed by atoms with van der Waals surface area (Å²) in [5.41, 5.74) is 5.94. The lowest BCUT2D eigenvalue weighted by molar-refractivity contribution is -0.145. The number of nitrogens with zero attached hydrogens (tertiary/aromatic N) is 7. The quantitative estimate of drug-likeness (QED) is 0.0369. The summed E-state index contributed by atoms with van der Waals surface area (Å²) >= 11 is 0. The number of carbonyl (C=O) groups is 6.